The highest BCUT2D eigenvalue weighted by atomic mass is 79.9. The van der Waals surface area contributed by atoms with E-state index in [1.807, 2.05) is 31.2 Å². The van der Waals surface area contributed by atoms with E-state index in [4.69, 9.17) is 5.11 Å². The molecule has 2 unspecified atom stereocenters. The molecule has 0 saturated carbocycles. The van der Waals surface area contributed by atoms with Crippen molar-refractivity contribution >= 4 is 33.7 Å². The summed E-state index contributed by atoms with van der Waals surface area (Å²) in [7, 11) is 0. The fourth-order valence-electron chi connectivity index (χ4n) is 1.04. The molecule has 0 aromatic heterocycles. The zero-order valence-electron chi connectivity index (χ0n) is 8.61. The maximum atomic E-state index is 10.8. The van der Waals surface area contributed by atoms with E-state index >= 15 is 0 Å². The standard InChI is InChI=1S/C11H13BrO2S/c1-7(11(13)14)8(2)15-10-6-4-3-5-9(10)12/h3-8H,1-2H3,(H,13,14). The molecule has 0 aliphatic rings. The van der Waals surface area contributed by atoms with Crippen molar-refractivity contribution in [1.29, 1.82) is 0 Å². The zero-order valence-corrected chi connectivity index (χ0v) is 11.0. The van der Waals surface area contributed by atoms with Crippen molar-refractivity contribution < 1.29 is 9.90 Å². The molecule has 1 rings (SSSR count). The third-order valence-electron chi connectivity index (χ3n) is 2.24. The Morgan fingerprint density at radius 3 is 2.53 bits per heavy atom. The first-order valence-electron chi connectivity index (χ1n) is 4.66. The van der Waals surface area contributed by atoms with Gasteiger partial charge in [0, 0.05) is 14.6 Å². The third kappa shape index (κ3) is 3.54. The zero-order chi connectivity index (χ0) is 11.4. The molecule has 0 bridgehead atoms. The lowest BCUT2D eigenvalue weighted by Crippen LogP contribution is -2.19. The molecule has 0 fully saturated rings. The number of hydrogen-bond donors (Lipinski definition) is 1. The van der Waals surface area contributed by atoms with Crippen LogP contribution in [0.4, 0.5) is 0 Å². The van der Waals surface area contributed by atoms with E-state index < -0.39 is 5.97 Å². The van der Waals surface area contributed by atoms with Gasteiger partial charge >= 0.3 is 5.97 Å². The van der Waals surface area contributed by atoms with Crippen molar-refractivity contribution in [2.24, 2.45) is 5.92 Å². The van der Waals surface area contributed by atoms with E-state index in [0.717, 1.165) is 9.37 Å². The number of hydrogen-bond acceptors (Lipinski definition) is 2. The summed E-state index contributed by atoms with van der Waals surface area (Å²) >= 11 is 5.02. The SMILES string of the molecule is CC(Sc1ccccc1Br)C(C)C(=O)O. The quantitative estimate of drug-likeness (QED) is 0.860. The van der Waals surface area contributed by atoms with Crippen LogP contribution in [0, 0.1) is 5.92 Å². The summed E-state index contributed by atoms with van der Waals surface area (Å²) in [6, 6.07) is 7.84. The lowest BCUT2D eigenvalue weighted by atomic mass is 10.1. The van der Waals surface area contributed by atoms with Crippen molar-refractivity contribution in [2.75, 3.05) is 0 Å². The first-order chi connectivity index (χ1) is 7.02. The van der Waals surface area contributed by atoms with Crippen molar-refractivity contribution in [3.63, 3.8) is 0 Å². The van der Waals surface area contributed by atoms with Crippen molar-refractivity contribution in [3.05, 3.63) is 28.7 Å². The van der Waals surface area contributed by atoms with E-state index in [9.17, 15) is 4.79 Å². The number of carbonyl (C=O) groups is 1. The molecule has 4 heteroatoms. The predicted molar refractivity (Wildman–Crippen MR) is 66.3 cm³/mol. The highest BCUT2D eigenvalue weighted by Gasteiger charge is 2.20. The van der Waals surface area contributed by atoms with Gasteiger partial charge in [0.2, 0.25) is 0 Å². The van der Waals surface area contributed by atoms with Crippen LogP contribution in [0.15, 0.2) is 33.6 Å². The number of halogens is 1. The molecule has 0 aliphatic heterocycles. The van der Waals surface area contributed by atoms with Crippen LogP contribution in [0.1, 0.15) is 13.8 Å². The molecule has 0 radical (unpaired) electrons. The van der Waals surface area contributed by atoms with E-state index in [1.165, 1.54) is 0 Å². The molecule has 0 saturated heterocycles. The lowest BCUT2D eigenvalue weighted by Gasteiger charge is -2.16. The first kappa shape index (κ1) is 12.6. The molecule has 0 heterocycles. The fraction of sp³-hybridized carbons (Fsp3) is 0.364. The van der Waals surface area contributed by atoms with E-state index in [0.29, 0.717) is 0 Å². The summed E-state index contributed by atoms with van der Waals surface area (Å²) in [5.41, 5.74) is 0. The largest absolute Gasteiger partial charge is 0.481 e. The van der Waals surface area contributed by atoms with E-state index in [1.54, 1.807) is 18.7 Å². The summed E-state index contributed by atoms with van der Waals surface area (Å²) in [4.78, 5) is 11.9. The molecule has 82 valence electrons. The minimum absolute atomic E-state index is 0.0567. The minimum atomic E-state index is -0.748. The van der Waals surface area contributed by atoms with E-state index in [2.05, 4.69) is 15.9 Å². The summed E-state index contributed by atoms with van der Waals surface area (Å²) in [5, 5.41) is 8.93. The Morgan fingerprint density at radius 1 is 1.40 bits per heavy atom. The maximum Gasteiger partial charge on any atom is 0.307 e. The molecule has 1 aromatic carbocycles. The average Bonchev–Trinajstić information content (AvgIpc) is 2.20. The molecule has 1 N–H and O–H groups in total. The average molecular weight is 289 g/mol. The first-order valence-corrected chi connectivity index (χ1v) is 6.33. The number of thioether (sulfide) groups is 1. The second-order valence-corrected chi connectivity index (χ2v) is 5.65. The number of carboxylic acid groups (broad SMARTS) is 1. The Kier molecular flexibility index (Phi) is 4.67. The van der Waals surface area contributed by atoms with Crippen LogP contribution in [-0.4, -0.2) is 16.3 Å². The highest BCUT2D eigenvalue weighted by molar-refractivity contribution is 9.10. The molecular weight excluding hydrogens is 276 g/mol. The van der Waals surface area contributed by atoms with Crippen LogP contribution in [-0.2, 0) is 4.79 Å². The number of carboxylic acids is 1. The Hall–Kier alpha value is -0.480. The van der Waals surface area contributed by atoms with Gasteiger partial charge in [-0.05, 0) is 28.1 Å². The molecule has 2 nitrogen and oxygen atoms in total. The van der Waals surface area contributed by atoms with Gasteiger partial charge in [-0.2, -0.15) is 0 Å². The number of benzene rings is 1. The number of rotatable bonds is 4. The fourth-order valence-corrected chi connectivity index (χ4v) is 2.67. The molecule has 2 atom stereocenters. The molecular formula is C11H13BrO2S. The van der Waals surface area contributed by atoms with Gasteiger partial charge in [0.25, 0.3) is 0 Å². The van der Waals surface area contributed by atoms with Gasteiger partial charge in [0.05, 0.1) is 5.92 Å². The second kappa shape index (κ2) is 5.56. The normalized spacial score (nSPS) is 14.6. The summed E-state index contributed by atoms with van der Waals surface area (Å²) in [6.45, 7) is 3.67. The van der Waals surface area contributed by atoms with Gasteiger partial charge in [0.1, 0.15) is 0 Å². The lowest BCUT2D eigenvalue weighted by molar-refractivity contribution is -0.140. The highest BCUT2D eigenvalue weighted by Crippen LogP contribution is 2.33. The Balaban J connectivity index is 2.70. The molecule has 0 aliphatic carbocycles. The molecule has 1 aromatic rings. The van der Waals surface area contributed by atoms with Crippen LogP contribution in [0.5, 0.6) is 0 Å². The topological polar surface area (TPSA) is 37.3 Å². The van der Waals surface area contributed by atoms with Crippen LogP contribution in [0.2, 0.25) is 0 Å². The summed E-state index contributed by atoms with van der Waals surface area (Å²) in [6.07, 6.45) is 0. The molecule has 0 amide bonds. The minimum Gasteiger partial charge on any atom is -0.481 e. The van der Waals surface area contributed by atoms with Gasteiger partial charge in [-0.25, -0.2) is 0 Å². The Bertz CT molecular complexity index is 354. The Labute approximate surface area is 102 Å². The smallest absolute Gasteiger partial charge is 0.307 e. The third-order valence-corrected chi connectivity index (χ3v) is 4.59. The van der Waals surface area contributed by atoms with Crippen LogP contribution in [0.3, 0.4) is 0 Å². The van der Waals surface area contributed by atoms with Gasteiger partial charge in [-0.3, -0.25) is 4.79 Å². The molecule has 0 spiro atoms. The van der Waals surface area contributed by atoms with Crippen molar-refractivity contribution in [3.8, 4) is 0 Å². The predicted octanol–water partition coefficient (Wildman–Crippen LogP) is 3.65. The van der Waals surface area contributed by atoms with Gasteiger partial charge in [-0.1, -0.05) is 26.0 Å². The Morgan fingerprint density at radius 2 is 2.00 bits per heavy atom. The summed E-state index contributed by atoms with van der Waals surface area (Å²) in [5.74, 6) is -1.09. The molecule has 15 heavy (non-hydrogen) atoms. The van der Waals surface area contributed by atoms with Gasteiger partial charge in [0.15, 0.2) is 0 Å². The van der Waals surface area contributed by atoms with Crippen molar-refractivity contribution in [1.82, 2.24) is 0 Å². The van der Waals surface area contributed by atoms with Gasteiger partial charge < -0.3 is 5.11 Å². The van der Waals surface area contributed by atoms with Crippen LogP contribution >= 0.6 is 27.7 Å². The summed E-state index contributed by atoms with van der Waals surface area (Å²) < 4.78 is 1.01. The van der Waals surface area contributed by atoms with E-state index in [-0.39, 0.29) is 11.2 Å². The van der Waals surface area contributed by atoms with Crippen LogP contribution < -0.4 is 0 Å². The monoisotopic (exact) mass is 288 g/mol. The van der Waals surface area contributed by atoms with Crippen LogP contribution in [0.25, 0.3) is 0 Å². The number of aliphatic carboxylic acids is 1. The van der Waals surface area contributed by atoms with Crippen molar-refractivity contribution in [2.45, 2.75) is 24.0 Å². The maximum absolute atomic E-state index is 10.8. The second-order valence-electron chi connectivity index (χ2n) is 3.38. The van der Waals surface area contributed by atoms with Gasteiger partial charge in [-0.15, -0.1) is 11.8 Å².